The van der Waals surface area contributed by atoms with Gasteiger partial charge in [0.1, 0.15) is 0 Å². The van der Waals surface area contributed by atoms with Crippen molar-refractivity contribution >= 4 is 5.91 Å². The zero-order valence-electron chi connectivity index (χ0n) is 14.6. The Bertz CT molecular complexity index is 493. The maximum Gasteiger partial charge on any atom is 0.220 e. The van der Waals surface area contributed by atoms with Crippen LogP contribution in [0, 0.1) is 5.92 Å². The maximum atomic E-state index is 11.9. The molecular weight excluding hydrogens is 286 g/mol. The predicted molar refractivity (Wildman–Crippen MR) is 94.8 cm³/mol. The van der Waals surface area contributed by atoms with E-state index >= 15 is 0 Å². The highest BCUT2D eigenvalue weighted by Gasteiger charge is 2.16. The Morgan fingerprint density at radius 3 is 2.61 bits per heavy atom. The summed E-state index contributed by atoms with van der Waals surface area (Å²) in [6.45, 7) is 8.22. The van der Waals surface area contributed by atoms with E-state index in [4.69, 9.17) is 5.73 Å². The molecular formula is C19H31N3O. The number of piperidine rings is 1. The smallest absolute Gasteiger partial charge is 0.220 e. The first-order valence-corrected chi connectivity index (χ1v) is 8.86. The van der Waals surface area contributed by atoms with E-state index in [1.807, 2.05) is 13.0 Å². The SMILES string of the molecule is CC(N)CCC(=O)NCc1ccccc1CN1CCC(C)CC1. The summed E-state index contributed by atoms with van der Waals surface area (Å²) in [6.07, 6.45) is 3.82. The van der Waals surface area contributed by atoms with Crippen LogP contribution in [0.1, 0.15) is 50.7 Å². The van der Waals surface area contributed by atoms with Gasteiger partial charge in [-0.05, 0) is 56.3 Å². The van der Waals surface area contributed by atoms with Crippen LogP contribution in [0.25, 0.3) is 0 Å². The van der Waals surface area contributed by atoms with E-state index in [-0.39, 0.29) is 11.9 Å². The number of carbonyl (C=O) groups excluding carboxylic acids is 1. The number of benzene rings is 1. The molecule has 0 aliphatic carbocycles. The molecule has 1 fully saturated rings. The average Bonchev–Trinajstić information content (AvgIpc) is 2.54. The topological polar surface area (TPSA) is 58.4 Å². The minimum atomic E-state index is 0.0783. The molecule has 1 atom stereocenters. The number of rotatable bonds is 7. The number of nitrogens with one attached hydrogen (secondary N) is 1. The Labute approximate surface area is 140 Å². The summed E-state index contributed by atoms with van der Waals surface area (Å²) in [4.78, 5) is 14.4. The number of nitrogens with zero attached hydrogens (tertiary/aromatic N) is 1. The van der Waals surface area contributed by atoms with Crippen molar-refractivity contribution in [3.8, 4) is 0 Å². The van der Waals surface area contributed by atoms with Crippen molar-refractivity contribution in [1.82, 2.24) is 10.2 Å². The minimum absolute atomic E-state index is 0.0783. The Kier molecular flexibility index (Phi) is 7.06. The highest BCUT2D eigenvalue weighted by molar-refractivity contribution is 5.75. The van der Waals surface area contributed by atoms with E-state index in [0.717, 1.165) is 18.9 Å². The maximum absolute atomic E-state index is 11.9. The Morgan fingerprint density at radius 1 is 1.30 bits per heavy atom. The molecule has 4 nitrogen and oxygen atoms in total. The summed E-state index contributed by atoms with van der Waals surface area (Å²) >= 11 is 0. The monoisotopic (exact) mass is 317 g/mol. The second-order valence-corrected chi connectivity index (χ2v) is 7.02. The van der Waals surface area contributed by atoms with Crippen molar-refractivity contribution in [2.24, 2.45) is 11.7 Å². The van der Waals surface area contributed by atoms with Crippen LogP contribution in [-0.2, 0) is 17.9 Å². The first-order valence-electron chi connectivity index (χ1n) is 8.86. The number of amides is 1. The summed E-state index contributed by atoms with van der Waals surface area (Å²) in [6, 6.07) is 8.51. The highest BCUT2D eigenvalue weighted by Crippen LogP contribution is 2.19. The van der Waals surface area contributed by atoms with Crippen molar-refractivity contribution in [1.29, 1.82) is 0 Å². The second kappa shape index (κ2) is 9.04. The Morgan fingerprint density at radius 2 is 1.96 bits per heavy atom. The van der Waals surface area contributed by atoms with Crippen molar-refractivity contribution in [2.45, 2.75) is 58.7 Å². The first kappa shape index (κ1) is 18.0. The molecule has 2 rings (SSSR count). The van der Waals surface area contributed by atoms with Gasteiger partial charge in [0.15, 0.2) is 0 Å². The molecule has 0 radical (unpaired) electrons. The van der Waals surface area contributed by atoms with Gasteiger partial charge in [-0.1, -0.05) is 31.2 Å². The summed E-state index contributed by atoms with van der Waals surface area (Å²) in [5, 5.41) is 3.03. The lowest BCUT2D eigenvalue weighted by molar-refractivity contribution is -0.121. The molecule has 4 heteroatoms. The molecule has 1 aliphatic heterocycles. The number of nitrogens with two attached hydrogens (primary N) is 1. The fraction of sp³-hybridized carbons (Fsp3) is 0.632. The molecule has 0 aromatic heterocycles. The Hall–Kier alpha value is -1.39. The molecule has 1 saturated heterocycles. The first-order chi connectivity index (χ1) is 11.0. The molecule has 23 heavy (non-hydrogen) atoms. The van der Waals surface area contributed by atoms with Crippen LogP contribution in [0.3, 0.4) is 0 Å². The van der Waals surface area contributed by atoms with Gasteiger partial charge in [0, 0.05) is 25.6 Å². The van der Waals surface area contributed by atoms with E-state index < -0.39 is 0 Å². The minimum Gasteiger partial charge on any atom is -0.352 e. The lowest BCUT2D eigenvalue weighted by Crippen LogP contribution is -2.33. The lowest BCUT2D eigenvalue weighted by atomic mass is 9.98. The quantitative estimate of drug-likeness (QED) is 0.813. The average molecular weight is 317 g/mol. The predicted octanol–water partition coefficient (Wildman–Crippen LogP) is 2.66. The van der Waals surface area contributed by atoms with Crippen LogP contribution in [0.2, 0.25) is 0 Å². The number of hydrogen-bond donors (Lipinski definition) is 2. The van der Waals surface area contributed by atoms with Gasteiger partial charge in [-0.15, -0.1) is 0 Å². The number of carbonyl (C=O) groups is 1. The molecule has 1 heterocycles. The molecule has 3 N–H and O–H groups in total. The van der Waals surface area contributed by atoms with Crippen LogP contribution in [-0.4, -0.2) is 29.9 Å². The van der Waals surface area contributed by atoms with Crippen LogP contribution >= 0.6 is 0 Å². The molecule has 1 amide bonds. The van der Waals surface area contributed by atoms with Crippen LogP contribution in [0.5, 0.6) is 0 Å². The zero-order chi connectivity index (χ0) is 16.7. The third-order valence-electron chi connectivity index (χ3n) is 4.69. The van der Waals surface area contributed by atoms with Crippen LogP contribution in [0.15, 0.2) is 24.3 Å². The third-order valence-corrected chi connectivity index (χ3v) is 4.69. The molecule has 0 spiro atoms. The van der Waals surface area contributed by atoms with Crippen LogP contribution < -0.4 is 11.1 Å². The zero-order valence-corrected chi connectivity index (χ0v) is 14.6. The largest absolute Gasteiger partial charge is 0.352 e. The molecule has 0 bridgehead atoms. The lowest BCUT2D eigenvalue weighted by Gasteiger charge is -2.30. The van der Waals surface area contributed by atoms with Gasteiger partial charge in [-0.2, -0.15) is 0 Å². The van der Waals surface area contributed by atoms with Gasteiger partial charge in [-0.3, -0.25) is 9.69 Å². The van der Waals surface area contributed by atoms with Gasteiger partial charge in [0.05, 0.1) is 0 Å². The van der Waals surface area contributed by atoms with Gasteiger partial charge >= 0.3 is 0 Å². The molecule has 1 unspecified atom stereocenters. The molecule has 1 aliphatic rings. The molecule has 1 aromatic carbocycles. The number of hydrogen-bond acceptors (Lipinski definition) is 3. The Balaban J connectivity index is 1.86. The summed E-state index contributed by atoms with van der Waals surface area (Å²) in [5.41, 5.74) is 8.25. The van der Waals surface area contributed by atoms with E-state index in [0.29, 0.717) is 13.0 Å². The van der Waals surface area contributed by atoms with Crippen molar-refractivity contribution in [2.75, 3.05) is 13.1 Å². The molecule has 128 valence electrons. The second-order valence-electron chi connectivity index (χ2n) is 7.02. The van der Waals surface area contributed by atoms with Crippen molar-refractivity contribution in [3.63, 3.8) is 0 Å². The van der Waals surface area contributed by atoms with Gasteiger partial charge in [-0.25, -0.2) is 0 Å². The standard InChI is InChI=1S/C19H31N3O/c1-15-9-11-22(12-10-15)14-18-6-4-3-5-17(18)13-21-19(23)8-7-16(2)20/h3-6,15-16H,7-14,20H2,1-2H3,(H,21,23). The summed E-state index contributed by atoms with van der Waals surface area (Å²) in [7, 11) is 0. The molecule has 1 aromatic rings. The van der Waals surface area contributed by atoms with Crippen molar-refractivity contribution < 1.29 is 4.79 Å². The van der Waals surface area contributed by atoms with E-state index in [9.17, 15) is 4.79 Å². The van der Waals surface area contributed by atoms with E-state index in [1.54, 1.807) is 0 Å². The normalized spacial score (nSPS) is 17.9. The van der Waals surface area contributed by atoms with Crippen LogP contribution in [0.4, 0.5) is 0 Å². The third kappa shape index (κ3) is 6.32. The fourth-order valence-electron chi connectivity index (χ4n) is 2.99. The van der Waals surface area contributed by atoms with E-state index in [2.05, 4.69) is 35.3 Å². The molecule has 0 saturated carbocycles. The van der Waals surface area contributed by atoms with Gasteiger partial charge < -0.3 is 11.1 Å². The fourth-order valence-corrected chi connectivity index (χ4v) is 2.99. The van der Waals surface area contributed by atoms with Gasteiger partial charge in [0.25, 0.3) is 0 Å². The van der Waals surface area contributed by atoms with Gasteiger partial charge in [0.2, 0.25) is 5.91 Å². The van der Waals surface area contributed by atoms with Crippen molar-refractivity contribution in [3.05, 3.63) is 35.4 Å². The highest BCUT2D eigenvalue weighted by atomic mass is 16.1. The van der Waals surface area contributed by atoms with E-state index in [1.165, 1.54) is 37.1 Å². The number of likely N-dealkylation sites (tertiary alicyclic amines) is 1. The summed E-state index contributed by atoms with van der Waals surface area (Å²) in [5.74, 6) is 0.939. The summed E-state index contributed by atoms with van der Waals surface area (Å²) < 4.78 is 0.